The molecule has 0 spiro atoms. The topological polar surface area (TPSA) is 24.5 Å². The predicted octanol–water partition coefficient (Wildman–Crippen LogP) is 1.11. The first kappa shape index (κ1) is 11.6. The average Bonchev–Trinajstić information content (AvgIpc) is 2.33. The first-order chi connectivity index (χ1) is 7.90. The maximum absolute atomic E-state index is 5.52. The zero-order chi connectivity index (χ0) is 11.2. The van der Waals surface area contributed by atoms with E-state index in [1.807, 2.05) is 7.05 Å². The highest BCUT2D eigenvalue weighted by atomic mass is 16.5. The summed E-state index contributed by atoms with van der Waals surface area (Å²) in [6.07, 6.45) is 0. The van der Waals surface area contributed by atoms with Crippen LogP contribution in [0, 0.1) is 0 Å². The second kappa shape index (κ2) is 5.99. The van der Waals surface area contributed by atoms with Crippen LogP contribution in [0.25, 0.3) is 0 Å². The number of ether oxygens (including phenoxy) is 1. The fraction of sp³-hybridized carbons (Fsp3) is 0.538. The highest BCUT2D eigenvalue weighted by Crippen LogP contribution is 2.11. The minimum absolute atomic E-state index is 0.499. The van der Waals surface area contributed by atoms with Crippen molar-refractivity contribution in [3.8, 4) is 0 Å². The van der Waals surface area contributed by atoms with Gasteiger partial charge in [-0.05, 0) is 12.6 Å². The monoisotopic (exact) mass is 220 g/mol. The molecule has 0 saturated carbocycles. The molecule has 3 heteroatoms. The minimum atomic E-state index is 0.499. The molecule has 0 aromatic heterocycles. The zero-order valence-corrected chi connectivity index (χ0v) is 9.86. The lowest BCUT2D eigenvalue weighted by Crippen LogP contribution is -2.49. The Labute approximate surface area is 97.4 Å². The maximum atomic E-state index is 5.52. The van der Waals surface area contributed by atoms with Crippen LogP contribution >= 0.6 is 0 Å². The standard InChI is InChI=1S/C13H20N2O/c1-14-9-13-11-16-8-7-15(13)10-12-5-3-2-4-6-12/h2-6,13-14H,7-11H2,1H3/t13-/m1/s1. The van der Waals surface area contributed by atoms with Gasteiger partial charge in [-0.2, -0.15) is 0 Å². The quantitative estimate of drug-likeness (QED) is 0.822. The van der Waals surface area contributed by atoms with E-state index >= 15 is 0 Å². The van der Waals surface area contributed by atoms with Crippen LogP contribution in [-0.2, 0) is 11.3 Å². The summed E-state index contributed by atoms with van der Waals surface area (Å²) in [6.45, 7) is 4.74. The van der Waals surface area contributed by atoms with E-state index < -0.39 is 0 Å². The minimum Gasteiger partial charge on any atom is -0.378 e. The van der Waals surface area contributed by atoms with Gasteiger partial charge in [-0.3, -0.25) is 4.90 Å². The smallest absolute Gasteiger partial charge is 0.0635 e. The van der Waals surface area contributed by atoms with Crippen molar-refractivity contribution in [3.05, 3.63) is 35.9 Å². The Morgan fingerprint density at radius 2 is 2.19 bits per heavy atom. The molecule has 3 nitrogen and oxygen atoms in total. The molecule has 1 heterocycles. The van der Waals surface area contributed by atoms with Gasteiger partial charge in [-0.15, -0.1) is 0 Å². The van der Waals surface area contributed by atoms with E-state index in [9.17, 15) is 0 Å². The van der Waals surface area contributed by atoms with Crippen LogP contribution in [0.3, 0.4) is 0 Å². The fourth-order valence-corrected chi connectivity index (χ4v) is 2.14. The molecule has 88 valence electrons. The highest BCUT2D eigenvalue weighted by Gasteiger charge is 2.21. The van der Waals surface area contributed by atoms with Crippen LogP contribution in [0.5, 0.6) is 0 Å². The summed E-state index contributed by atoms with van der Waals surface area (Å²) in [5.41, 5.74) is 1.38. The number of nitrogens with zero attached hydrogens (tertiary/aromatic N) is 1. The van der Waals surface area contributed by atoms with E-state index in [-0.39, 0.29) is 0 Å². The van der Waals surface area contributed by atoms with Crippen molar-refractivity contribution >= 4 is 0 Å². The highest BCUT2D eigenvalue weighted by molar-refractivity contribution is 5.14. The number of hydrogen-bond acceptors (Lipinski definition) is 3. The summed E-state index contributed by atoms with van der Waals surface area (Å²) in [5.74, 6) is 0. The largest absolute Gasteiger partial charge is 0.378 e. The van der Waals surface area contributed by atoms with Gasteiger partial charge >= 0.3 is 0 Å². The van der Waals surface area contributed by atoms with Gasteiger partial charge in [0.15, 0.2) is 0 Å². The Kier molecular flexibility index (Phi) is 4.34. The van der Waals surface area contributed by atoms with Crippen molar-refractivity contribution in [2.45, 2.75) is 12.6 Å². The molecule has 1 aliphatic rings. The van der Waals surface area contributed by atoms with Gasteiger partial charge < -0.3 is 10.1 Å². The van der Waals surface area contributed by atoms with Crippen LogP contribution in [0.2, 0.25) is 0 Å². The van der Waals surface area contributed by atoms with Crippen LogP contribution in [-0.4, -0.2) is 44.3 Å². The fourth-order valence-electron chi connectivity index (χ4n) is 2.14. The molecule has 0 bridgehead atoms. The Balaban J connectivity index is 1.96. The second-order valence-corrected chi connectivity index (χ2v) is 4.24. The normalized spacial score (nSPS) is 22.2. The van der Waals surface area contributed by atoms with E-state index in [1.165, 1.54) is 5.56 Å². The molecule has 1 N–H and O–H groups in total. The molecule has 0 radical (unpaired) electrons. The molecule has 0 aliphatic carbocycles. The summed E-state index contributed by atoms with van der Waals surface area (Å²) in [4.78, 5) is 2.50. The van der Waals surface area contributed by atoms with Crippen LogP contribution in [0.4, 0.5) is 0 Å². The molecular formula is C13H20N2O. The van der Waals surface area contributed by atoms with Crippen LogP contribution in [0.15, 0.2) is 30.3 Å². The Morgan fingerprint density at radius 1 is 1.38 bits per heavy atom. The van der Waals surface area contributed by atoms with Gasteiger partial charge in [0.05, 0.1) is 13.2 Å². The number of hydrogen-bond donors (Lipinski definition) is 1. The molecule has 1 aromatic carbocycles. The number of nitrogens with one attached hydrogen (secondary N) is 1. The van der Waals surface area contributed by atoms with Crippen molar-refractivity contribution in [2.24, 2.45) is 0 Å². The van der Waals surface area contributed by atoms with Crippen LogP contribution in [0.1, 0.15) is 5.56 Å². The summed E-state index contributed by atoms with van der Waals surface area (Å²) in [6, 6.07) is 11.1. The van der Waals surface area contributed by atoms with Gasteiger partial charge in [-0.1, -0.05) is 30.3 Å². The molecule has 1 fully saturated rings. The molecule has 1 saturated heterocycles. The SMILES string of the molecule is CNC[C@@H]1COCCN1Cc1ccccc1. The van der Waals surface area contributed by atoms with E-state index in [0.29, 0.717) is 6.04 Å². The molecule has 2 rings (SSSR count). The van der Waals surface area contributed by atoms with Gasteiger partial charge in [0.25, 0.3) is 0 Å². The summed E-state index contributed by atoms with van der Waals surface area (Å²) in [7, 11) is 2.00. The van der Waals surface area contributed by atoms with Gasteiger partial charge in [0, 0.05) is 25.7 Å². The first-order valence-corrected chi connectivity index (χ1v) is 5.90. The summed E-state index contributed by atoms with van der Waals surface area (Å²) in [5, 5.41) is 3.23. The van der Waals surface area contributed by atoms with Crippen molar-refractivity contribution in [1.82, 2.24) is 10.2 Å². The molecule has 16 heavy (non-hydrogen) atoms. The lowest BCUT2D eigenvalue weighted by Gasteiger charge is -2.35. The second-order valence-electron chi connectivity index (χ2n) is 4.24. The number of morpholine rings is 1. The van der Waals surface area contributed by atoms with E-state index in [1.54, 1.807) is 0 Å². The molecule has 0 amide bonds. The van der Waals surface area contributed by atoms with E-state index in [0.717, 1.165) is 32.8 Å². The van der Waals surface area contributed by atoms with Crippen molar-refractivity contribution < 1.29 is 4.74 Å². The first-order valence-electron chi connectivity index (χ1n) is 5.90. The van der Waals surface area contributed by atoms with Crippen molar-refractivity contribution in [2.75, 3.05) is 33.4 Å². The maximum Gasteiger partial charge on any atom is 0.0635 e. The summed E-state index contributed by atoms with van der Waals surface area (Å²) >= 11 is 0. The third-order valence-electron chi connectivity index (χ3n) is 3.02. The third-order valence-corrected chi connectivity index (χ3v) is 3.02. The predicted molar refractivity (Wildman–Crippen MR) is 65.4 cm³/mol. The summed E-state index contributed by atoms with van der Waals surface area (Å²) < 4.78 is 5.52. The van der Waals surface area contributed by atoms with Crippen LogP contribution < -0.4 is 5.32 Å². The number of benzene rings is 1. The Hall–Kier alpha value is -0.900. The molecule has 1 aliphatic heterocycles. The number of rotatable bonds is 4. The Morgan fingerprint density at radius 3 is 2.94 bits per heavy atom. The van der Waals surface area contributed by atoms with Crippen molar-refractivity contribution in [1.29, 1.82) is 0 Å². The van der Waals surface area contributed by atoms with Gasteiger partial charge in [-0.25, -0.2) is 0 Å². The molecule has 0 unspecified atom stereocenters. The van der Waals surface area contributed by atoms with E-state index in [4.69, 9.17) is 4.74 Å². The lowest BCUT2D eigenvalue weighted by atomic mass is 10.1. The zero-order valence-electron chi connectivity index (χ0n) is 9.86. The van der Waals surface area contributed by atoms with Gasteiger partial charge in [0.2, 0.25) is 0 Å². The Bertz CT molecular complexity index is 300. The van der Waals surface area contributed by atoms with Crippen molar-refractivity contribution in [3.63, 3.8) is 0 Å². The van der Waals surface area contributed by atoms with Gasteiger partial charge in [0.1, 0.15) is 0 Å². The average molecular weight is 220 g/mol. The number of likely N-dealkylation sites (N-methyl/N-ethyl adjacent to an activating group) is 1. The molecule has 1 aromatic rings. The lowest BCUT2D eigenvalue weighted by molar-refractivity contribution is -0.0103. The third kappa shape index (κ3) is 3.04. The molecule has 1 atom stereocenters. The molecular weight excluding hydrogens is 200 g/mol. The van der Waals surface area contributed by atoms with E-state index in [2.05, 4.69) is 40.5 Å².